The second-order valence-electron chi connectivity index (χ2n) is 4.93. The number of carbonyl (C=O) groups is 2. The molecular formula is C17H18O4S2. The van der Waals surface area contributed by atoms with E-state index in [0.29, 0.717) is 11.5 Å². The lowest BCUT2D eigenvalue weighted by molar-refractivity contribution is -0.137. The molecule has 0 saturated carbocycles. The van der Waals surface area contributed by atoms with Gasteiger partial charge in [0.15, 0.2) is 0 Å². The van der Waals surface area contributed by atoms with Gasteiger partial charge in [-0.25, -0.2) is 0 Å². The molecule has 0 radical (unpaired) electrons. The second kappa shape index (κ2) is 8.84. The molecule has 0 aromatic heterocycles. The molecule has 2 aromatic carbocycles. The summed E-state index contributed by atoms with van der Waals surface area (Å²) >= 11 is 3.12. The van der Waals surface area contributed by atoms with Gasteiger partial charge in [-0.2, -0.15) is 0 Å². The zero-order valence-electron chi connectivity index (χ0n) is 12.5. The van der Waals surface area contributed by atoms with Crippen molar-refractivity contribution in [2.75, 3.05) is 11.5 Å². The highest BCUT2D eigenvalue weighted by atomic mass is 32.2. The van der Waals surface area contributed by atoms with Crippen LogP contribution in [0.5, 0.6) is 0 Å². The molecule has 0 aliphatic carbocycles. The van der Waals surface area contributed by atoms with Gasteiger partial charge in [0.1, 0.15) is 0 Å². The van der Waals surface area contributed by atoms with E-state index in [1.165, 1.54) is 0 Å². The summed E-state index contributed by atoms with van der Waals surface area (Å²) < 4.78 is 0.0276. The summed E-state index contributed by atoms with van der Waals surface area (Å²) in [6.07, 6.45) is 0.205. The fourth-order valence-electron chi connectivity index (χ4n) is 2.19. The molecule has 0 spiro atoms. The highest BCUT2D eigenvalue weighted by Crippen LogP contribution is 2.42. The minimum Gasteiger partial charge on any atom is -0.481 e. The molecule has 0 fully saturated rings. The highest BCUT2D eigenvalue weighted by Gasteiger charge is 2.16. The van der Waals surface area contributed by atoms with E-state index >= 15 is 0 Å². The number of hydrogen-bond acceptors (Lipinski definition) is 4. The molecule has 0 saturated heterocycles. The van der Waals surface area contributed by atoms with E-state index < -0.39 is 11.9 Å². The Morgan fingerprint density at radius 1 is 0.870 bits per heavy atom. The highest BCUT2D eigenvalue weighted by molar-refractivity contribution is 8.16. The maximum atomic E-state index is 10.7. The SMILES string of the molecule is O=C(O)CCSC(SCCC(=O)O)c1cccc2ccccc12. The molecule has 4 nitrogen and oxygen atoms in total. The average molecular weight is 350 g/mol. The Bertz CT molecular complexity index is 662. The zero-order chi connectivity index (χ0) is 16.7. The average Bonchev–Trinajstić information content (AvgIpc) is 2.52. The van der Waals surface area contributed by atoms with E-state index in [9.17, 15) is 9.59 Å². The Morgan fingerprint density at radius 2 is 1.43 bits per heavy atom. The van der Waals surface area contributed by atoms with Crippen molar-refractivity contribution < 1.29 is 19.8 Å². The molecule has 0 amide bonds. The lowest BCUT2D eigenvalue weighted by Gasteiger charge is -2.18. The molecular weight excluding hydrogens is 332 g/mol. The van der Waals surface area contributed by atoms with Crippen LogP contribution in [0.3, 0.4) is 0 Å². The lowest BCUT2D eigenvalue weighted by Crippen LogP contribution is -2.01. The number of hydrogen-bond donors (Lipinski definition) is 2. The monoisotopic (exact) mass is 350 g/mol. The summed E-state index contributed by atoms with van der Waals surface area (Å²) in [7, 11) is 0. The number of fused-ring (bicyclic) bond motifs is 1. The van der Waals surface area contributed by atoms with E-state index in [0.717, 1.165) is 16.3 Å². The van der Waals surface area contributed by atoms with Crippen molar-refractivity contribution in [2.45, 2.75) is 17.4 Å². The van der Waals surface area contributed by atoms with Crippen molar-refractivity contribution in [1.82, 2.24) is 0 Å². The fourth-order valence-corrected chi connectivity index (χ4v) is 4.94. The predicted molar refractivity (Wildman–Crippen MR) is 96.1 cm³/mol. The number of thioether (sulfide) groups is 2. The number of benzene rings is 2. The Balaban J connectivity index is 2.19. The first-order valence-corrected chi connectivity index (χ1v) is 9.32. The van der Waals surface area contributed by atoms with Crippen LogP contribution in [0.4, 0.5) is 0 Å². The van der Waals surface area contributed by atoms with E-state index in [2.05, 4.69) is 0 Å². The van der Waals surface area contributed by atoms with Gasteiger partial charge in [0.2, 0.25) is 0 Å². The smallest absolute Gasteiger partial charge is 0.304 e. The third-order valence-corrected chi connectivity index (χ3v) is 6.06. The van der Waals surface area contributed by atoms with Crippen molar-refractivity contribution in [3.63, 3.8) is 0 Å². The van der Waals surface area contributed by atoms with Gasteiger partial charge in [0.05, 0.1) is 17.4 Å². The van der Waals surface area contributed by atoms with Gasteiger partial charge in [-0.05, 0) is 16.3 Å². The van der Waals surface area contributed by atoms with Crippen molar-refractivity contribution in [3.05, 3.63) is 48.0 Å². The molecule has 2 aromatic rings. The molecule has 0 aliphatic heterocycles. The molecule has 0 atom stereocenters. The molecule has 0 bridgehead atoms. The first-order chi connectivity index (χ1) is 11.1. The Hall–Kier alpha value is -1.66. The molecule has 23 heavy (non-hydrogen) atoms. The summed E-state index contributed by atoms with van der Waals surface area (Å²) in [4.78, 5) is 21.5. The Labute approximate surface area is 143 Å². The quantitative estimate of drug-likeness (QED) is 0.659. The number of aliphatic carboxylic acids is 2. The van der Waals surface area contributed by atoms with Gasteiger partial charge in [-0.3, -0.25) is 9.59 Å². The minimum absolute atomic E-state index is 0.0276. The molecule has 122 valence electrons. The van der Waals surface area contributed by atoms with Crippen LogP contribution in [-0.2, 0) is 9.59 Å². The largest absolute Gasteiger partial charge is 0.481 e. The third kappa shape index (κ3) is 5.48. The summed E-state index contributed by atoms with van der Waals surface area (Å²) in [6, 6.07) is 14.1. The van der Waals surface area contributed by atoms with Crippen molar-refractivity contribution in [1.29, 1.82) is 0 Å². The second-order valence-corrected chi connectivity index (χ2v) is 7.65. The normalized spacial score (nSPS) is 11.0. The number of rotatable bonds is 9. The van der Waals surface area contributed by atoms with E-state index in [1.54, 1.807) is 23.5 Å². The third-order valence-electron chi connectivity index (χ3n) is 3.25. The first-order valence-electron chi connectivity index (χ1n) is 7.22. The zero-order valence-corrected chi connectivity index (χ0v) is 14.1. The fraction of sp³-hybridized carbons (Fsp3) is 0.294. The number of carboxylic acids is 2. The van der Waals surface area contributed by atoms with E-state index in [1.807, 2.05) is 42.5 Å². The minimum atomic E-state index is -0.815. The van der Waals surface area contributed by atoms with Crippen molar-refractivity contribution >= 4 is 46.2 Å². The van der Waals surface area contributed by atoms with Gasteiger partial charge in [-0.1, -0.05) is 42.5 Å². The van der Waals surface area contributed by atoms with Gasteiger partial charge in [0, 0.05) is 11.5 Å². The summed E-state index contributed by atoms with van der Waals surface area (Å²) in [5.41, 5.74) is 1.12. The molecule has 0 heterocycles. The van der Waals surface area contributed by atoms with Gasteiger partial charge < -0.3 is 10.2 Å². The van der Waals surface area contributed by atoms with Gasteiger partial charge in [-0.15, -0.1) is 23.5 Å². The summed E-state index contributed by atoms with van der Waals surface area (Å²) in [6.45, 7) is 0. The predicted octanol–water partition coefficient (Wildman–Crippen LogP) is 4.25. The maximum absolute atomic E-state index is 10.7. The maximum Gasteiger partial charge on any atom is 0.304 e. The van der Waals surface area contributed by atoms with E-state index in [-0.39, 0.29) is 17.4 Å². The molecule has 6 heteroatoms. The van der Waals surface area contributed by atoms with Gasteiger partial charge in [0.25, 0.3) is 0 Å². The van der Waals surface area contributed by atoms with Crippen LogP contribution in [0, 0.1) is 0 Å². The lowest BCUT2D eigenvalue weighted by atomic mass is 10.1. The molecule has 0 unspecified atom stereocenters. The van der Waals surface area contributed by atoms with Crippen LogP contribution in [0.1, 0.15) is 23.0 Å². The van der Waals surface area contributed by atoms with Gasteiger partial charge >= 0.3 is 11.9 Å². The van der Waals surface area contributed by atoms with Crippen LogP contribution in [0.2, 0.25) is 0 Å². The van der Waals surface area contributed by atoms with Crippen LogP contribution < -0.4 is 0 Å². The van der Waals surface area contributed by atoms with Crippen LogP contribution in [0.15, 0.2) is 42.5 Å². The topological polar surface area (TPSA) is 74.6 Å². The van der Waals surface area contributed by atoms with Crippen LogP contribution in [0.25, 0.3) is 10.8 Å². The Morgan fingerprint density at radius 3 is 2.04 bits per heavy atom. The summed E-state index contributed by atoms with van der Waals surface area (Å²) in [5, 5.41) is 19.9. The van der Waals surface area contributed by atoms with E-state index in [4.69, 9.17) is 10.2 Å². The summed E-state index contributed by atoms with van der Waals surface area (Å²) in [5.74, 6) is -0.624. The van der Waals surface area contributed by atoms with Crippen molar-refractivity contribution in [3.8, 4) is 0 Å². The first kappa shape index (κ1) is 17.7. The number of carboxylic acid groups (broad SMARTS) is 2. The van der Waals surface area contributed by atoms with Crippen molar-refractivity contribution in [2.24, 2.45) is 0 Å². The van der Waals surface area contributed by atoms with Crippen LogP contribution >= 0.6 is 23.5 Å². The molecule has 2 N–H and O–H groups in total. The standard InChI is InChI=1S/C17H18O4S2/c18-15(19)8-10-22-17(23-11-9-16(20)21)14-7-3-5-12-4-1-2-6-13(12)14/h1-7,17H,8-11H2,(H,18,19)(H,20,21). The Kier molecular flexibility index (Phi) is 6.80. The van der Waals surface area contributed by atoms with Crippen LogP contribution in [-0.4, -0.2) is 33.7 Å². The molecule has 0 aliphatic rings. The molecule has 2 rings (SSSR count).